The van der Waals surface area contributed by atoms with E-state index in [1.54, 1.807) is 17.1 Å². The lowest BCUT2D eigenvalue weighted by molar-refractivity contribution is -0.121. The highest BCUT2D eigenvalue weighted by molar-refractivity contribution is 5.75. The number of rotatable bonds is 7. The Kier molecular flexibility index (Phi) is 5.39. The summed E-state index contributed by atoms with van der Waals surface area (Å²) in [6.07, 6.45) is 3.91. The minimum Gasteiger partial charge on any atom is -0.354 e. The van der Waals surface area contributed by atoms with Crippen molar-refractivity contribution >= 4 is 5.91 Å². The van der Waals surface area contributed by atoms with E-state index in [1.165, 1.54) is 0 Å². The van der Waals surface area contributed by atoms with E-state index in [2.05, 4.69) is 20.9 Å². The van der Waals surface area contributed by atoms with Crippen molar-refractivity contribution < 1.29 is 4.79 Å². The van der Waals surface area contributed by atoms with Gasteiger partial charge in [-0.15, -0.1) is 5.10 Å². The van der Waals surface area contributed by atoms with Gasteiger partial charge in [0.25, 0.3) is 0 Å². The van der Waals surface area contributed by atoms with E-state index in [1.807, 2.05) is 6.92 Å². The van der Waals surface area contributed by atoms with Crippen molar-refractivity contribution in [3.8, 4) is 0 Å². The van der Waals surface area contributed by atoms with Crippen LogP contribution in [0.4, 0.5) is 0 Å². The zero-order valence-electron chi connectivity index (χ0n) is 8.94. The normalized spacial score (nSPS) is 10.2. The molecule has 15 heavy (non-hydrogen) atoms. The molecule has 1 heterocycles. The highest BCUT2D eigenvalue weighted by Gasteiger charge is 1.99. The van der Waals surface area contributed by atoms with Crippen LogP contribution in [-0.4, -0.2) is 40.5 Å². The first-order chi connectivity index (χ1) is 7.33. The van der Waals surface area contributed by atoms with Crippen LogP contribution in [-0.2, 0) is 11.3 Å². The van der Waals surface area contributed by atoms with E-state index in [4.69, 9.17) is 0 Å². The lowest BCUT2D eigenvalue weighted by Gasteiger charge is -2.05. The minimum absolute atomic E-state index is 0.0658. The van der Waals surface area contributed by atoms with Crippen LogP contribution in [0.1, 0.15) is 13.3 Å². The predicted molar refractivity (Wildman–Crippen MR) is 56.2 cm³/mol. The standard InChI is InChI=1S/C9H17N5O/c1-2-10-4-3-9(15)11-5-7-14-8-6-12-13-14/h6,8,10H,2-5,7H2,1H3,(H,11,15). The fourth-order valence-corrected chi connectivity index (χ4v) is 1.13. The average molecular weight is 211 g/mol. The van der Waals surface area contributed by atoms with E-state index >= 15 is 0 Å². The van der Waals surface area contributed by atoms with Gasteiger partial charge in [-0.2, -0.15) is 0 Å². The molecule has 84 valence electrons. The van der Waals surface area contributed by atoms with Crippen LogP contribution >= 0.6 is 0 Å². The molecule has 0 saturated heterocycles. The van der Waals surface area contributed by atoms with E-state index in [0.717, 1.165) is 13.1 Å². The van der Waals surface area contributed by atoms with Crippen LogP contribution < -0.4 is 10.6 Å². The molecule has 0 unspecified atom stereocenters. The summed E-state index contributed by atoms with van der Waals surface area (Å²) in [5.74, 6) is 0.0658. The van der Waals surface area contributed by atoms with E-state index in [0.29, 0.717) is 19.5 Å². The molecule has 1 aromatic rings. The zero-order chi connectivity index (χ0) is 10.9. The van der Waals surface area contributed by atoms with Crippen molar-refractivity contribution in [1.29, 1.82) is 0 Å². The molecular weight excluding hydrogens is 194 g/mol. The maximum absolute atomic E-state index is 11.2. The molecule has 0 bridgehead atoms. The van der Waals surface area contributed by atoms with Crippen LogP contribution in [0.3, 0.4) is 0 Å². The topological polar surface area (TPSA) is 71.8 Å². The number of carbonyl (C=O) groups is 1. The van der Waals surface area contributed by atoms with Gasteiger partial charge in [0.15, 0.2) is 0 Å². The van der Waals surface area contributed by atoms with Crippen LogP contribution in [0.15, 0.2) is 12.4 Å². The number of aromatic nitrogens is 3. The van der Waals surface area contributed by atoms with Crippen molar-refractivity contribution in [2.75, 3.05) is 19.6 Å². The third kappa shape index (κ3) is 5.11. The lowest BCUT2D eigenvalue weighted by Crippen LogP contribution is -2.30. The molecule has 0 aromatic carbocycles. The van der Waals surface area contributed by atoms with Crippen LogP contribution in [0, 0.1) is 0 Å². The highest BCUT2D eigenvalue weighted by atomic mass is 16.1. The second-order valence-electron chi connectivity index (χ2n) is 3.12. The van der Waals surface area contributed by atoms with E-state index < -0.39 is 0 Å². The first-order valence-corrected chi connectivity index (χ1v) is 5.14. The van der Waals surface area contributed by atoms with Crippen molar-refractivity contribution in [3.63, 3.8) is 0 Å². The summed E-state index contributed by atoms with van der Waals surface area (Å²) in [5, 5.41) is 13.4. The summed E-state index contributed by atoms with van der Waals surface area (Å²) in [4.78, 5) is 11.2. The summed E-state index contributed by atoms with van der Waals surface area (Å²) in [5.41, 5.74) is 0. The van der Waals surface area contributed by atoms with Gasteiger partial charge in [0, 0.05) is 25.7 Å². The fraction of sp³-hybridized carbons (Fsp3) is 0.667. The first-order valence-electron chi connectivity index (χ1n) is 5.14. The molecule has 1 aromatic heterocycles. The molecule has 1 amide bonds. The highest BCUT2D eigenvalue weighted by Crippen LogP contribution is 1.81. The van der Waals surface area contributed by atoms with Gasteiger partial charge in [0.1, 0.15) is 0 Å². The van der Waals surface area contributed by atoms with Gasteiger partial charge in [-0.3, -0.25) is 9.48 Å². The summed E-state index contributed by atoms with van der Waals surface area (Å²) in [7, 11) is 0. The molecule has 0 saturated carbocycles. The maximum Gasteiger partial charge on any atom is 0.221 e. The molecule has 0 aliphatic heterocycles. The second kappa shape index (κ2) is 6.94. The number of hydrogen-bond donors (Lipinski definition) is 2. The van der Waals surface area contributed by atoms with Crippen molar-refractivity contribution in [2.24, 2.45) is 0 Å². The smallest absolute Gasteiger partial charge is 0.221 e. The Labute approximate surface area is 89.0 Å². The SMILES string of the molecule is CCNCCC(=O)NCCn1ccnn1. The second-order valence-corrected chi connectivity index (χ2v) is 3.12. The van der Waals surface area contributed by atoms with Gasteiger partial charge in [0.05, 0.1) is 12.7 Å². The van der Waals surface area contributed by atoms with E-state index in [9.17, 15) is 4.79 Å². The number of amides is 1. The van der Waals surface area contributed by atoms with Gasteiger partial charge in [-0.05, 0) is 6.54 Å². The molecular formula is C9H17N5O. The Hall–Kier alpha value is -1.43. The monoisotopic (exact) mass is 211 g/mol. The number of hydrogen-bond acceptors (Lipinski definition) is 4. The summed E-state index contributed by atoms with van der Waals surface area (Å²) in [6, 6.07) is 0. The molecule has 0 fully saturated rings. The number of nitrogens with zero attached hydrogens (tertiary/aromatic N) is 3. The van der Waals surface area contributed by atoms with Gasteiger partial charge in [-0.25, -0.2) is 0 Å². The Balaban J connectivity index is 2.02. The Morgan fingerprint density at radius 3 is 3.00 bits per heavy atom. The van der Waals surface area contributed by atoms with E-state index in [-0.39, 0.29) is 5.91 Å². The summed E-state index contributed by atoms with van der Waals surface area (Å²) in [6.45, 7) is 4.89. The largest absolute Gasteiger partial charge is 0.354 e. The number of nitrogens with one attached hydrogen (secondary N) is 2. The minimum atomic E-state index is 0.0658. The molecule has 2 N–H and O–H groups in total. The van der Waals surface area contributed by atoms with Gasteiger partial charge >= 0.3 is 0 Å². The molecule has 0 radical (unpaired) electrons. The summed E-state index contributed by atoms with van der Waals surface area (Å²) < 4.78 is 1.69. The maximum atomic E-state index is 11.2. The average Bonchev–Trinajstić information content (AvgIpc) is 2.71. The molecule has 0 atom stereocenters. The van der Waals surface area contributed by atoms with Crippen LogP contribution in [0.2, 0.25) is 0 Å². The first kappa shape index (κ1) is 11.6. The summed E-state index contributed by atoms with van der Waals surface area (Å²) >= 11 is 0. The van der Waals surface area contributed by atoms with Crippen LogP contribution in [0.25, 0.3) is 0 Å². The Morgan fingerprint density at radius 2 is 2.33 bits per heavy atom. The molecule has 0 aliphatic rings. The van der Waals surface area contributed by atoms with Gasteiger partial charge in [0.2, 0.25) is 5.91 Å². The van der Waals surface area contributed by atoms with Gasteiger partial charge < -0.3 is 10.6 Å². The third-order valence-corrected chi connectivity index (χ3v) is 1.91. The fourth-order valence-electron chi connectivity index (χ4n) is 1.13. The van der Waals surface area contributed by atoms with Gasteiger partial charge in [-0.1, -0.05) is 12.1 Å². The zero-order valence-corrected chi connectivity index (χ0v) is 8.94. The Morgan fingerprint density at radius 1 is 1.47 bits per heavy atom. The molecule has 1 rings (SSSR count). The quantitative estimate of drug-likeness (QED) is 0.590. The van der Waals surface area contributed by atoms with Crippen molar-refractivity contribution in [3.05, 3.63) is 12.4 Å². The lowest BCUT2D eigenvalue weighted by atomic mass is 10.4. The third-order valence-electron chi connectivity index (χ3n) is 1.91. The number of carbonyl (C=O) groups excluding carboxylic acids is 1. The van der Waals surface area contributed by atoms with Crippen LogP contribution in [0.5, 0.6) is 0 Å². The predicted octanol–water partition coefficient (Wildman–Crippen LogP) is -0.606. The molecule has 0 spiro atoms. The molecule has 0 aliphatic carbocycles. The Bertz CT molecular complexity index is 272. The molecule has 6 heteroatoms. The van der Waals surface area contributed by atoms with Crippen molar-refractivity contribution in [1.82, 2.24) is 25.6 Å². The molecule has 6 nitrogen and oxygen atoms in total. The van der Waals surface area contributed by atoms with Crippen molar-refractivity contribution in [2.45, 2.75) is 19.9 Å².